The van der Waals surface area contributed by atoms with Gasteiger partial charge in [-0.3, -0.25) is 5.43 Å². The molecule has 118 valence electrons. The number of nitrogens with two attached hydrogens (primary N) is 1. The van der Waals surface area contributed by atoms with Gasteiger partial charge >= 0.3 is 0 Å². The summed E-state index contributed by atoms with van der Waals surface area (Å²) in [4.78, 5) is 0. The van der Waals surface area contributed by atoms with Crippen LogP contribution < -0.4 is 11.2 Å². The fourth-order valence-electron chi connectivity index (χ4n) is 2.42. The van der Waals surface area contributed by atoms with E-state index in [2.05, 4.69) is 16.6 Å². The molecular formula is C17H17N3O2S. The molecule has 2 aromatic rings. The molecule has 3 N–H and O–H groups in total. The minimum atomic E-state index is -0.290. The lowest BCUT2D eigenvalue weighted by Gasteiger charge is -2.14. The number of nitrogens with zero attached hydrogens (tertiary/aromatic N) is 1. The first-order chi connectivity index (χ1) is 11.2. The molecule has 1 aliphatic heterocycles. The van der Waals surface area contributed by atoms with Crippen molar-refractivity contribution >= 4 is 23.5 Å². The SMILES string of the molecule is NC(=S)NN=Cc1ccc(-c2ccccc2C2OCCO2)cc1. The van der Waals surface area contributed by atoms with Gasteiger partial charge in [-0.05, 0) is 28.9 Å². The van der Waals surface area contributed by atoms with Crippen LogP contribution in [0.3, 0.4) is 0 Å². The lowest BCUT2D eigenvalue weighted by Crippen LogP contribution is -2.23. The molecule has 0 aliphatic carbocycles. The van der Waals surface area contributed by atoms with E-state index in [9.17, 15) is 0 Å². The van der Waals surface area contributed by atoms with Crippen molar-refractivity contribution in [2.45, 2.75) is 6.29 Å². The number of hydrogen-bond acceptors (Lipinski definition) is 4. The molecule has 1 fully saturated rings. The zero-order chi connectivity index (χ0) is 16.1. The topological polar surface area (TPSA) is 68.9 Å². The molecule has 0 bridgehead atoms. The van der Waals surface area contributed by atoms with E-state index in [4.69, 9.17) is 27.4 Å². The molecule has 6 heteroatoms. The minimum Gasteiger partial charge on any atom is -0.375 e. The van der Waals surface area contributed by atoms with Gasteiger partial charge in [-0.2, -0.15) is 5.10 Å². The van der Waals surface area contributed by atoms with Crippen molar-refractivity contribution in [3.63, 3.8) is 0 Å². The molecule has 0 amide bonds. The molecule has 0 unspecified atom stereocenters. The molecule has 0 radical (unpaired) electrons. The lowest BCUT2D eigenvalue weighted by molar-refractivity contribution is -0.0436. The fourth-order valence-corrected chi connectivity index (χ4v) is 2.48. The highest BCUT2D eigenvalue weighted by Gasteiger charge is 2.21. The van der Waals surface area contributed by atoms with Crippen LogP contribution in [0.5, 0.6) is 0 Å². The van der Waals surface area contributed by atoms with Gasteiger partial charge in [0.25, 0.3) is 0 Å². The molecule has 5 nitrogen and oxygen atoms in total. The van der Waals surface area contributed by atoms with Gasteiger partial charge in [0.15, 0.2) is 11.4 Å². The third-order valence-corrected chi connectivity index (χ3v) is 3.54. The van der Waals surface area contributed by atoms with E-state index < -0.39 is 0 Å². The maximum absolute atomic E-state index is 5.62. The Morgan fingerprint density at radius 3 is 2.52 bits per heavy atom. The maximum atomic E-state index is 5.62. The maximum Gasteiger partial charge on any atom is 0.184 e. The monoisotopic (exact) mass is 327 g/mol. The molecular weight excluding hydrogens is 310 g/mol. The molecule has 1 saturated heterocycles. The Hall–Kier alpha value is -2.28. The van der Waals surface area contributed by atoms with Crippen molar-refractivity contribution in [3.8, 4) is 11.1 Å². The van der Waals surface area contributed by atoms with Crippen LogP contribution in [0, 0.1) is 0 Å². The molecule has 0 aromatic heterocycles. The Kier molecular flexibility index (Phi) is 4.97. The van der Waals surface area contributed by atoms with Crippen LogP contribution in [-0.4, -0.2) is 24.5 Å². The van der Waals surface area contributed by atoms with Crippen LogP contribution in [0.2, 0.25) is 0 Å². The number of thiocarbonyl (C=S) groups is 1. The van der Waals surface area contributed by atoms with Crippen molar-refractivity contribution in [1.82, 2.24) is 5.43 Å². The van der Waals surface area contributed by atoms with Gasteiger partial charge in [-0.15, -0.1) is 0 Å². The largest absolute Gasteiger partial charge is 0.375 e. The van der Waals surface area contributed by atoms with E-state index in [0.29, 0.717) is 13.2 Å². The number of hydrogen-bond donors (Lipinski definition) is 2. The summed E-state index contributed by atoms with van der Waals surface area (Å²) in [6.07, 6.45) is 1.38. The molecule has 2 aromatic carbocycles. The minimum absolute atomic E-state index is 0.142. The zero-order valence-electron chi connectivity index (χ0n) is 12.4. The van der Waals surface area contributed by atoms with E-state index in [1.54, 1.807) is 6.21 Å². The molecule has 23 heavy (non-hydrogen) atoms. The number of benzene rings is 2. The van der Waals surface area contributed by atoms with Gasteiger partial charge in [-0.1, -0.05) is 48.5 Å². The van der Waals surface area contributed by atoms with Crippen LogP contribution in [0.4, 0.5) is 0 Å². The quantitative estimate of drug-likeness (QED) is 0.513. The second kappa shape index (κ2) is 7.32. The van der Waals surface area contributed by atoms with Crippen molar-refractivity contribution in [3.05, 3.63) is 59.7 Å². The first kappa shape index (κ1) is 15.6. The number of ether oxygens (including phenoxy) is 2. The van der Waals surface area contributed by atoms with Gasteiger partial charge in [0, 0.05) is 5.56 Å². The Morgan fingerprint density at radius 2 is 1.83 bits per heavy atom. The second-order valence-electron chi connectivity index (χ2n) is 5.02. The predicted octanol–water partition coefficient (Wildman–Crippen LogP) is 2.57. The van der Waals surface area contributed by atoms with Crippen molar-refractivity contribution in [2.75, 3.05) is 13.2 Å². The summed E-state index contributed by atoms with van der Waals surface area (Å²) in [5, 5.41) is 4.08. The van der Waals surface area contributed by atoms with Crippen LogP contribution in [0.15, 0.2) is 53.6 Å². The highest BCUT2D eigenvalue weighted by Crippen LogP contribution is 2.32. The van der Waals surface area contributed by atoms with E-state index in [1.165, 1.54) is 0 Å². The summed E-state index contributed by atoms with van der Waals surface area (Å²) in [6, 6.07) is 16.1. The highest BCUT2D eigenvalue weighted by atomic mass is 32.1. The fraction of sp³-hybridized carbons (Fsp3) is 0.176. The third-order valence-electron chi connectivity index (χ3n) is 3.45. The Balaban J connectivity index is 1.82. The predicted molar refractivity (Wildman–Crippen MR) is 94.0 cm³/mol. The van der Waals surface area contributed by atoms with Crippen LogP contribution in [0.1, 0.15) is 17.4 Å². The highest BCUT2D eigenvalue weighted by molar-refractivity contribution is 7.80. The summed E-state index contributed by atoms with van der Waals surface area (Å²) >= 11 is 4.69. The Morgan fingerprint density at radius 1 is 1.13 bits per heavy atom. The van der Waals surface area contributed by atoms with E-state index in [1.807, 2.05) is 42.5 Å². The normalized spacial score (nSPS) is 15.1. The summed E-state index contributed by atoms with van der Waals surface area (Å²) < 4.78 is 11.2. The molecule has 1 aliphatic rings. The first-order valence-corrected chi connectivity index (χ1v) is 7.66. The lowest BCUT2D eigenvalue weighted by atomic mass is 9.98. The number of nitrogens with one attached hydrogen (secondary N) is 1. The van der Waals surface area contributed by atoms with Crippen molar-refractivity contribution < 1.29 is 9.47 Å². The molecule has 0 atom stereocenters. The van der Waals surface area contributed by atoms with Crippen molar-refractivity contribution in [2.24, 2.45) is 10.8 Å². The molecule has 1 heterocycles. The average Bonchev–Trinajstić information content (AvgIpc) is 3.10. The Bertz CT molecular complexity index is 710. The van der Waals surface area contributed by atoms with Crippen LogP contribution >= 0.6 is 12.2 Å². The number of rotatable bonds is 4. The third kappa shape index (κ3) is 3.92. The van der Waals surface area contributed by atoms with Crippen LogP contribution in [-0.2, 0) is 9.47 Å². The van der Waals surface area contributed by atoms with Crippen molar-refractivity contribution in [1.29, 1.82) is 0 Å². The van der Waals surface area contributed by atoms with Crippen LogP contribution in [0.25, 0.3) is 11.1 Å². The molecule has 0 spiro atoms. The first-order valence-electron chi connectivity index (χ1n) is 7.25. The van der Waals surface area contributed by atoms with E-state index in [0.717, 1.165) is 22.3 Å². The molecule has 3 rings (SSSR count). The van der Waals surface area contributed by atoms with Gasteiger partial charge in [0.1, 0.15) is 0 Å². The Labute approximate surface area is 140 Å². The molecule has 0 saturated carbocycles. The van der Waals surface area contributed by atoms with E-state index >= 15 is 0 Å². The smallest absolute Gasteiger partial charge is 0.184 e. The number of hydrazone groups is 1. The summed E-state index contributed by atoms with van der Waals surface area (Å²) in [5.74, 6) is 0. The van der Waals surface area contributed by atoms with Gasteiger partial charge < -0.3 is 15.2 Å². The standard InChI is InChI=1S/C17H17N3O2S/c18-17(23)20-19-11-12-5-7-13(8-6-12)14-3-1-2-4-15(14)16-21-9-10-22-16/h1-8,11,16H,9-10H2,(H3,18,20,23). The summed E-state index contributed by atoms with van der Waals surface area (Å²) in [6.45, 7) is 1.26. The van der Waals surface area contributed by atoms with E-state index in [-0.39, 0.29) is 11.4 Å². The van der Waals surface area contributed by atoms with Gasteiger partial charge in [0.05, 0.1) is 19.4 Å². The van der Waals surface area contributed by atoms with Gasteiger partial charge in [-0.25, -0.2) is 0 Å². The van der Waals surface area contributed by atoms with Gasteiger partial charge in [0.2, 0.25) is 0 Å². The average molecular weight is 327 g/mol. The second-order valence-corrected chi connectivity index (χ2v) is 5.46. The zero-order valence-corrected chi connectivity index (χ0v) is 13.3. The summed E-state index contributed by atoms with van der Waals surface area (Å²) in [5.41, 5.74) is 12.0. The summed E-state index contributed by atoms with van der Waals surface area (Å²) in [7, 11) is 0.